The molecule has 0 saturated carbocycles. The molecule has 0 amide bonds. The zero-order valence-corrected chi connectivity index (χ0v) is 16.3. The minimum absolute atomic E-state index is 0.0552. The first-order valence-corrected chi connectivity index (χ1v) is 11.2. The number of carbonyl (C=O) groups excluding carboxylic acids is 1. The largest absolute Gasteiger partial charge is 0.544 e. The lowest BCUT2D eigenvalue weighted by Crippen LogP contribution is -2.43. The van der Waals surface area contributed by atoms with Gasteiger partial charge in [-0.05, 0) is 48.8 Å². The summed E-state index contributed by atoms with van der Waals surface area (Å²) in [6, 6.07) is 7.36. The smallest absolute Gasteiger partial charge is 0.250 e. The predicted molar refractivity (Wildman–Crippen MR) is 98.6 cm³/mol. The topological polar surface area (TPSA) is 35.5 Å². The van der Waals surface area contributed by atoms with Gasteiger partial charge in [-0.2, -0.15) is 0 Å². The Morgan fingerprint density at radius 2 is 1.78 bits per heavy atom. The minimum Gasteiger partial charge on any atom is -0.544 e. The van der Waals surface area contributed by atoms with Crippen LogP contribution in [0.15, 0.2) is 36.6 Å². The third kappa shape index (κ3) is 6.22. The zero-order chi connectivity index (χ0) is 17.5. The highest BCUT2D eigenvalue weighted by atomic mass is 28.4. The van der Waals surface area contributed by atoms with Gasteiger partial charge >= 0.3 is 0 Å². The van der Waals surface area contributed by atoms with Crippen molar-refractivity contribution in [3.05, 3.63) is 42.2 Å². The molecule has 0 aliphatic rings. The summed E-state index contributed by atoms with van der Waals surface area (Å²) in [5.74, 6) is 0.775. The van der Waals surface area contributed by atoms with Crippen LogP contribution in [0.5, 0.6) is 5.75 Å². The number of ether oxygens (including phenoxy) is 1. The number of hydrogen-bond donors (Lipinski definition) is 0. The van der Waals surface area contributed by atoms with E-state index in [2.05, 4.69) is 40.8 Å². The number of unbranched alkanes of at least 4 members (excludes halogenated alkanes) is 1. The Labute approximate surface area is 141 Å². The molecule has 0 unspecified atom stereocenters. The van der Waals surface area contributed by atoms with Crippen LogP contribution in [0.1, 0.15) is 50.9 Å². The van der Waals surface area contributed by atoms with E-state index < -0.39 is 8.32 Å². The molecule has 0 aliphatic heterocycles. The van der Waals surface area contributed by atoms with Gasteiger partial charge in [-0.3, -0.25) is 4.79 Å². The monoisotopic (exact) mass is 334 g/mol. The van der Waals surface area contributed by atoms with E-state index in [1.54, 1.807) is 12.1 Å². The van der Waals surface area contributed by atoms with E-state index in [4.69, 9.17) is 9.16 Å². The van der Waals surface area contributed by atoms with Gasteiger partial charge in [-0.1, -0.05) is 34.1 Å². The molecule has 0 aliphatic carbocycles. The molecular formula is C19H30O3Si. The quantitative estimate of drug-likeness (QED) is 0.204. The van der Waals surface area contributed by atoms with Crippen molar-refractivity contribution in [3.63, 3.8) is 0 Å². The van der Waals surface area contributed by atoms with Gasteiger partial charge in [0.05, 0.1) is 12.9 Å². The van der Waals surface area contributed by atoms with Gasteiger partial charge < -0.3 is 9.16 Å². The summed E-state index contributed by atoms with van der Waals surface area (Å²) in [4.78, 5) is 12.0. The molecule has 4 heteroatoms. The van der Waals surface area contributed by atoms with Crippen molar-refractivity contribution in [1.29, 1.82) is 0 Å². The zero-order valence-electron chi connectivity index (χ0n) is 15.3. The highest BCUT2D eigenvalue weighted by Crippen LogP contribution is 2.37. The van der Waals surface area contributed by atoms with Crippen molar-refractivity contribution in [2.45, 2.75) is 58.7 Å². The second-order valence-corrected chi connectivity index (χ2v) is 12.0. The molecule has 0 aromatic heterocycles. The Hall–Kier alpha value is -1.55. The lowest BCUT2D eigenvalue weighted by molar-refractivity contribution is 0.104. The molecule has 0 spiro atoms. The molecule has 0 heterocycles. The first-order chi connectivity index (χ1) is 10.7. The molecule has 1 rings (SSSR count). The Bertz CT molecular complexity index is 525. The highest BCUT2D eigenvalue weighted by molar-refractivity contribution is 6.74. The number of carbonyl (C=O) groups is 1. The number of hydrogen-bond acceptors (Lipinski definition) is 3. The van der Waals surface area contributed by atoms with Crippen molar-refractivity contribution in [2.75, 3.05) is 6.61 Å². The van der Waals surface area contributed by atoms with Crippen LogP contribution in [0.3, 0.4) is 0 Å². The lowest BCUT2D eigenvalue weighted by Gasteiger charge is -2.36. The van der Waals surface area contributed by atoms with E-state index in [0.29, 0.717) is 12.2 Å². The molecule has 0 fully saturated rings. The van der Waals surface area contributed by atoms with Crippen LogP contribution in [0.25, 0.3) is 0 Å². The highest BCUT2D eigenvalue weighted by Gasteiger charge is 2.38. The van der Waals surface area contributed by atoms with E-state index in [1.165, 1.54) is 12.3 Å². The molecule has 0 radical (unpaired) electrons. The van der Waals surface area contributed by atoms with E-state index in [1.807, 2.05) is 12.1 Å². The number of benzene rings is 1. The molecule has 1 aromatic carbocycles. The molecule has 128 valence electrons. The second-order valence-electron chi connectivity index (χ2n) is 7.28. The Kier molecular flexibility index (Phi) is 7.07. The summed E-state index contributed by atoms with van der Waals surface area (Å²) >= 11 is 0. The molecular weight excluding hydrogens is 304 g/mol. The summed E-state index contributed by atoms with van der Waals surface area (Å²) < 4.78 is 11.5. The number of ketones is 1. The van der Waals surface area contributed by atoms with Gasteiger partial charge in [-0.15, -0.1) is 0 Å². The number of allylic oxidation sites excluding steroid dienone is 1. The van der Waals surface area contributed by atoms with Crippen LogP contribution in [0.4, 0.5) is 0 Å². The van der Waals surface area contributed by atoms with Crippen molar-refractivity contribution in [3.8, 4) is 5.75 Å². The Balaban J connectivity index is 2.64. The first kappa shape index (κ1) is 19.5. The summed E-state index contributed by atoms with van der Waals surface area (Å²) in [7, 11) is -1.84. The summed E-state index contributed by atoms with van der Waals surface area (Å²) in [5, 5.41) is 0.153. The normalized spacial score (nSPS) is 12.4. The maximum atomic E-state index is 12.0. The third-order valence-corrected chi connectivity index (χ3v) is 8.61. The van der Waals surface area contributed by atoms with E-state index in [9.17, 15) is 4.79 Å². The van der Waals surface area contributed by atoms with E-state index in [0.717, 1.165) is 18.6 Å². The summed E-state index contributed by atoms with van der Waals surface area (Å²) in [5.41, 5.74) is 0.642. The van der Waals surface area contributed by atoms with Gasteiger partial charge in [0.25, 0.3) is 0 Å². The standard InChI is InChI=1S/C19H30O3Si/c1-7-8-14-21-15-13-18(20)16-9-11-17(12-10-16)22-23(5,6)19(2,3)4/h9-13,15H,7-8,14H2,1-6H3/b15-13+. The first-order valence-electron chi connectivity index (χ1n) is 8.29. The fraction of sp³-hybridized carbons (Fsp3) is 0.526. The fourth-order valence-corrected chi connectivity index (χ4v) is 2.67. The molecule has 3 nitrogen and oxygen atoms in total. The molecule has 1 aromatic rings. The predicted octanol–water partition coefficient (Wildman–Crippen LogP) is 5.58. The molecule has 23 heavy (non-hydrogen) atoms. The van der Waals surface area contributed by atoms with Gasteiger partial charge in [0.2, 0.25) is 8.32 Å². The van der Waals surface area contributed by atoms with Crippen LogP contribution < -0.4 is 4.43 Å². The van der Waals surface area contributed by atoms with Crippen molar-refractivity contribution in [1.82, 2.24) is 0 Å². The van der Waals surface area contributed by atoms with Crippen LogP contribution >= 0.6 is 0 Å². The van der Waals surface area contributed by atoms with Crippen LogP contribution in [0, 0.1) is 0 Å². The molecule has 0 N–H and O–H groups in total. The average molecular weight is 335 g/mol. The third-order valence-electron chi connectivity index (χ3n) is 4.25. The van der Waals surface area contributed by atoms with Gasteiger partial charge in [0.15, 0.2) is 5.78 Å². The average Bonchev–Trinajstić information content (AvgIpc) is 2.46. The van der Waals surface area contributed by atoms with E-state index in [-0.39, 0.29) is 10.8 Å². The summed E-state index contributed by atoms with van der Waals surface area (Å²) in [6.07, 6.45) is 5.03. The van der Waals surface area contributed by atoms with Crippen molar-refractivity contribution in [2.24, 2.45) is 0 Å². The molecule has 0 atom stereocenters. The van der Waals surface area contributed by atoms with Crippen LogP contribution in [0.2, 0.25) is 18.1 Å². The minimum atomic E-state index is -1.84. The fourth-order valence-electron chi connectivity index (χ4n) is 1.64. The SMILES string of the molecule is CCCCO/C=C/C(=O)c1ccc(O[Si](C)(C)C(C)(C)C)cc1. The van der Waals surface area contributed by atoms with Gasteiger partial charge in [-0.25, -0.2) is 0 Å². The Morgan fingerprint density at radius 3 is 2.30 bits per heavy atom. The van der Waals surface area contributed by atoms with Crippen molar-refractivity contribution >= 4 is 14.1 Å². The second kappa shape index (κ2) is 8.34. The van der Waals surface area contributed by atoms with Gasteiger partial charge in [0, 0.05) is 11.6 Å². The summed E-state index contributed by atoms with van der Waals surface area (Å²) in [6.45, 7) is 13.8. The number of rotatable bonds is 8. The van der Waals surface area contributed by atoms with Gasteiger partial charge in [0.1, 0.15) is 5.75 Å². The van der Waals surface area contributed by atoms with Crippen molar-refractivity contribution < 1.29 is 14.0 Å². The van der Waals surface area contributed by atoms with E-state index >= 15 is 0 Å². The maximum absolute atomic E-state index is 12.0. The molecule has 0 bridgehead atoms. The Morgan fingerprint density at radius 1 is 1.17 bits per heavy atom. The molecule has 0 saturated heterocycles. The van der Waals surface area contributed by atoms with Crippen LogP contribution in [-0.2, 0) is 4.74 Å². The van der Waals surface area contributed by atoms with Crippen LogP contribution in [-0.4, -0.2) is 20.7 Å². The maximum Gasteiger partial charge on any atom is 0.250 e. The lowest BCUT2D eigenvalue weighted by atomic mass is 10.1.